The average molecular weight is 333 g/mol. The molecule has 0 bridgehead atoms. The third-order valence-corrected chi connectivity index (χ3v) is 4.54. The van der Waals surface area contributed by atoms with E-state index in [1.807, 2.05) is 54.0 Å². The van der Waals surface area contributed by atoms with Gasteiger partial charge in [-0.15, -0.1) is 21.5 Å². The summed E-state index contributed by atoms with van der Waals surface area (Å²) in [5.41, 5.74) is 5.05. The normalized spacial score (nSPS) is 10.8. The predicted molar refractivity (Wildman–Crippen MR) is 94.5 cm³/mol. The summed E-state index contributed by atoms with van der Waals surface area (Å²) in [4.78, 5) is 7.07. The summed E-state index contributed by atoms with van der Waals surface area (Å²) in [5, 5.41) is 12.9. The van der Waals surface area contributed by atoms with E-state index >= 15 is 0 Å². The highest BCUT2D eigenvalue weighted by Crippen LogP contribution is 2.31. The van der Waals surface area contributed by atoms with Gasteiger partial charge in [-0.05, 0) is 17.2 Å². The lowest BCUT2D eigenvalue weighted by molar-refractivity contribution is 0.523. The first kappa shape index (κ1) is 14.7. The maximum absolute atomic E-state index is 4.52. The first-order valence-electron chi connectivity index (χ1n) is 7.71. The Labute approximate surface area is 143 Å². The summed E-state index contributed by atoms with van der Waals surface area (Å²) in [6, 6.07) is 20.4. The second kappa shape index (κ2) is 6.72. The van der Waals surface area contributed by atoms with Crippen molar-refractivity contribution in [2.24, 2.45) is 0 Å². The molecule has 118 valence electrons. The van der Waals surface area contributed by atoms with Crippen LogP contribution in [-0.4, -0.2) is 25.2 Å². The number of aryl methyl sites for hydroxylation is 2. The van der Waals surface area contributed by atoms with E-state index in [2.05, 4.69) is 32.5 Å². The molecule has 0 aliphatic carbocycles. The van der Waals surface area contributed by atoms with E-state index in [9.17, 15) is 0 Å². The molecule has 0 unspecified atom stereocenters. The molecule has 0 saturated heterocycles. The van der Waals surface area contributed by atoms with Gasteiger partial charge in [-0.1, -0.05) is 60.7 Å². The van der Waals surface area contributed by atoms with Gasteiger partial charge in [-0.2, -0.15) is 4.80 Å². The molecule has 0 spiro atoms. The van der Waals surface area contributed by atoms with Crippen LogP contribution >= 0.6 is 11.3 Å². The van der Waals surface area contributed by atoms with Crippen LogP contribution in [0.1, 0.15) is 5.56 Å². The minimum Gasteiger partial charge on any atom is -0.244 e. The smallest absolute Gasteiger partial charge is 0.217 e. The molecule has 24 heavy (non-hydrogen) atoms. The van der Waals surface area contributed by atoms with E-state index in [-0.39, 0.29) is 0 Å². The van der Waals surface area contributed by atoms with E-state index in [1.54, 1.807) is 4.80 Å². The number of aromatic nitrogens is 5. The summed E-state index contributed by atoms with van der Waals surface area (Å²) in [7, 11) is 0. The zero-order valence-corrected chi connectivity index (χ0v) is 13.7. The van der Waals surface area contributed by atoms with Crippen LogP contribution in [0.3, 0.4) is 0 Å². The fourth-order valence-electron chi connectivity index (χ4n) is 2.51. The Morgan fingerprint density at radius 1 is 0.917 bits per heavy atom. The van der Waals surface area contributed by atoms with Gasteiger partial charge in [-0.3, -0.25) is 0 Å². The van der Waals surface area contributed by atoms with Gasteiger partial charge in [0.1, 0.15) is 4.88 Å². The van der Waals surface area contributed by atoms with Crippen LogP contribution in [0, 0.1) is 0 Å². The molecule has 5 nitrogen and oxygen atoms in total. The molecular formula is C18H15N5S. The van der Waals surface area contributed by atoms with Crippen molar-refractivity contribution >= 4 is 11.3 Å². The van der Waals surface area contributed by atoms with Crippen molar-refractivity contribution in [3.8, 4) is 22.0 Å². The molecule has 0 amide bonds. The summed E-state index contributed by atoms with van der Waals surface area (Å²) in [6.45, 7) is 0.705. The zero-order valence-electron chi connectivity index (χ0n) is 12.9. The Hall–Kier alpha value is -2.86. The number of benzene rings is 2. The van der Waals surface area contributed by atoms with Crippen LogP contribution < -0.4 is 0 Å². The maximum Gasteiger partial charge on any atom is 0.217 e. The fraction of sp³-hybridized carbons (Fsp3) is 0.111. The largest absolute Gasteiger partial charge is 0.244 e. The minimum absolute atomic E-state index is 0.629. The highest BCUT2D eigenvalue weighted by atomic mass is 32.1. The van der Waals surface area contributed by atoms with Crippen LogP contribution in [0.5, 0.6) is 0 Å². The molecular weight excluding hydrogens is 318 g/mol. The lowest BCUT2D eigenvalue weighted by Gasteiger charge is -2.00. The molecule has 0 fully saturated rings. The Morgan fingerprint density at radius 2 is 1.67 bits per heavy atom. The van der Waals surface area contributed by atoms with Crippen molar-refractivity contribution in [2.75, 3.05) is 0 Å². The minimum atomic E-state index is 0.629. The second-order valence-electron chi connectivity index (χ2n) is 5.34. The summed E-state index contributed by atoms with van der Waals surface area (Å²) in [5.74, 6) is 0.629. The van der Waals surface area contributed by atoms with Gasteiger partial charge in [0, 0.05) is 5.56 Å². The first-order chi connectivity index (χ1) is 11.9. The highest BCUT2D eigenvalue weighted by Gasteiger charge is 2.15. The van der Waals surface area contributed by atoms with E-state index in [4.69, 9.17) is 0 Å². The summed E-state index contributed by atoms with van der Waals surface area (Å²) >= 11 is 1.54. The second-order valence-corrected chi connectivity index (χ2v) is 6.20. The Balaban J connectivity index is 1.55. The predicted octanol–water partition coefficient (Wildman–Crippen LogP) is 3.71. The van der Waals surface area contributed by atoms with Gasteiger partial charge in [0.15, 0.2) is 0 Å². The summed E-state index contributed by atoms with van der Waals surface area (Å²) in [6.07, 6.45) is 0.880. The van der Waals surface area contributed by atoms with Gasteiger partial charge < -0.3 is 0 Å². The fourth-order valence-corrected chi connectivity index (χ4v) is 3.24. The Kier molecular flexibility index (Phi) is 4.12. The molecule has 4 rings (SSSR count). The maximum atomic E-state index is 4.52. The van der Waals surface area contributed by atoms with Crippen molar-refractivity contribution in [1.82, 2.24) is 25.2 Å². The molecule has 4 aromatic rings. The van der Waals surface area contributed by atoms with Gasteiger partial charge in [0.2, 0.25) is 5.82 Å². The van der Waals surface area contributed by atoms with Crippen LogP contribution in [0.15, 0.2) is 66.2 Å². The van der Waals surface area contributed by atoms with Crippen LogP contribution in [0.4, 0.5) is 0 Å². The zero-order chi connectivity index (χ0) is 16.2. The molecule has 6 heteroatoms. The van der Waals surface area contributed by atoms with E-state index < -0.39 is 0 Å². The molecule has 0 atom stereocenters. The number of rotatable bonds is 5. The van der Waals surface area contributed by atoms with Crippen LogP contribution in [-0.2, 0) is 13.0 Å². The average Bonchev–Trinajstić information content (AvgIpc) is 3.31. The van der Waals surface area contributed by atoms with Crippen molar-refractivity contribution in [3.05, 3.63) is 71.7 Å². The lowest BCUT2D eigenvalue weighted by Crippen LogP contribution is -2.05. The van der Waals surface area contributed by atoms with Crippen LogP contribution in [0.2, 0.25) is 0 Å². The standard InChI is InChI=1S/C18H15N5S/c1-3-7-14(8-4-1)11-12-23-21-18(20-22-23)17-16(19-13-24-17)15-9-5-2-6-10-15/h1-10,13H,11-12H2. The summed E-state index contributed by atoms with van der Waals surface area (Å²) < 4.78 is 0. The number of hydrogen-bond acceptors (Lipinski definition) is 5. The molecule has 0 aliphatic rings. The lowest BCUT2D eigenvalue weighted by atomic mass is 10.1. The van der Waals surface area contributed by atoms with Crippen LogP contribution in [0.25, 0.3) is 22.0 Å². The number of tetrazole rings is 1. The molecule has 2 aromatic carbocycles. The molecule has 0 aliphatic heterocycles. The number of nitrogens with zero attached hydrogens (tertiary/aromatic N) is 5. The van der Waals surface area contributed by atoms with Crippen molar-refractivity contribution in [2.45, 2.75) is 13.0 Å². The topological polar surface area (TPSA) is 56.5 Å². The molecule has 2 aromatic heterocycles. The van der Waals surface area contributed by atoms with Gasteiger partial charge in [0.25, 0.3) is 0 Å². The van der Waals surface area contributed by atoms with Gasteiger partial charge in [0.05, 0.1) is 17.7 Å². The third kappa shape index (κ3) is 3.09. The molecule has 2 heterocycles. The molecule has 0 N–H and O–H groups in total. The van der Waals surface area contributed by atoms with Crippen molar-refractivity contribution in [3.63, 3.8) is 0 Å². The Morgan fingerprint density at radius 3 is 2.46 bits per heavy atom. The SMILES string of the molecule is c1ccc(CCn2nnc(-c3scnc3-c3ccccc3)n2)cc1. The van der Waals surface area contributed by atoms with E-state index in [0.717, 1.165) is 22.6 Å². The van der Waals surface area contributed by atoms with E-state index in [1.165, 1.54) is 16.9 Å². The first-order valence-corrected chi connectivity index (χ1v) is 8.59. The van der Waals surface area contributed by atoms with Crippen molar-refractivity contribution in [1.29, 1.82) is 0 Å². The third-order valence-electron chi connectivity index (χ3n) is 3.71. The molecule has 0 radical (unpaired) electrons. The van der Waals surface area contributed by atoms with E-state index in [0.29, 0.717) is 12.4 Å². The highest BCUT2D eigenvalue weighted by molar-refractivity contribution is 7.13. The number of hydrogen-bond donors (Lipinski definition) is 0. The number of thiazole rings is 1. The van der Waals surface area contributed by atoms with Gasteiger partial charge in [-0.25, -0.2) is 4.98 Å². The van der Waals surface area contributed by atoms with Gasteiger partial charge >= 0.3 is 0 Å². The Bertz CT molecular complexity index is 915. The monoisotopic (exact) mass is 333 g/mol. The molecule has 0 saturated carbocycles. The quantitative estimate of drug-likeness (QED) is 0.559. The van der Waals surface area contributed by atoms with Crippen molar-refractivity contribution < 1.29 is 0 Å².